The smallest absolute Gasteiger partial charge is 0.306 e. The van der Waals surface area contributed by atoms with E-state index in [0.29, 0.717) is 19.3 Å². The molecule has 28 heavy (non-hydrogen) atoms. The molecule has 0 spiro atoms. The average molecular weight is 399 g/mol. The van der Waals surface area contributed by atoms with E-state index in [9.17, 15) is 14.7 Å². The summed E-state index contributed by atoms with van der Waals surface area (Å²) in [5.74, 6) is -1.98. The Balaban J connectivity index is 3.33. The van der Waals surface area contributed by atoms with Gasteiger partial charge in [-0.15, -0.1) is 0 Å². The molecule has 0 fully saturated rings. The van der Waals surface area contributed by atoms with E-state index in [-0.39, 0.29) is 12.3 Å². The Morgan fingerprint density at radius 2 is 0.929 bits per heavy atom. The molecule has 0 aromatic heterocycles. The first-order valence-electron chi connectivity index (χ1n) is 12.0. The molecule has 4 heteroatoms. The van der Waals surface area contributed by atoms with E-state index >= 15 is 0 Å². The van der Waals surface area contributed by atoms with Crippen molar-refractivity contribution < 1.29 is 19.8 Å². The topological polar surface area (TPSA) is 74.6 Å². The van der Waals surface area contributed by atoms with Crippen molar-refractivity contribution in [2.75, 3.05) is 0 Å². The number of hydrogen-bond donors (Lipinski definition) is 2. The van der Waals surface area contributed by atoms with Crippen molar-refractivity contribution in [2.24, 2.45) is 5.92 Å². The summed E-state index contributed by atoms with van der Waals surface area (Å²) < 4.78 is 0. The standard InChI is InChI=1S/C24H46O4/c1-2-3-4-5-6-7-8-9-10-11-12-13-14-15-16-17-19-22(24(27)28)20-18-21-23(25)26/h22H,2-21H2,1H3,(H,25,26)(H,27,28). The van der Waals surface area contributed by atoms with Crippen LogP contribution in [-0.2, 0) is 9.59 Å². The van der Waals surface area contributed by atoms with Gasteiger partial charge in [0, 0.05) is 6.42 Å². The highest BCUT2D eigenvalue weighted by Crippen LogP contribution is 2.19. The zero-order chi connectivity index (χ0) is 20.9. The maximum absolute atomic E-state index is 11.2. The van der Waals surface area contributed by atoms with E-state index in [1.807, 2.05) is 0 Å². The molecule has 1 atom stereocenters. The van der Waals surface area contributed by atoms with Crippen molar-refractivity contribution in [2.45, 2.75) is 135 Å². The molecule has 0 heterocycles. The van der Waals surface area contributed by atoms with Crippen molar-refractivity contribution in [1.29, 1.82) is 0 Å². The van der Waals surface area contributed by atoms with Crippen LogP contribution in [0.4, 0.5) is 0 Å². The summed E-state index contributed by atoms with van der Waals surface area (Å²) in [4.78, 5) is 21.7. The summed E-state index contributed by atoms with van der Waals surface area (Å²) >= 11 is 0. The number of hydrogen-bond acceptors (Lipinski definition) is 2. The Morgan fingerprint density at radius 1 is 0.571 bits per heavy atom. The van der Waals surface area contributed by atoms with Gasteiger partial charge in [-0.3, -0.25) is 9.59 Å². The van der Waals surface area contributed by atoms with E-state index in [0.717, 1.165) is 12.8 Å². The largest absolute Gasteiger partial charge is 0.481 e. The second-order valence-corrected chi connectivity index (χ2v) is 8.41. The maximum Gasteiger partial charge on any atom is 0.306 e. The molecule has 166 valence electrons. The van der Waals surface area contributed by atoms with Crippen molar-refractivity contribution in [3.8, 4) is 0 Å². The SMILES string of the molecule is CCCCCCCCCCCCCCCCCCC(CCCC(=O)O)C(=O)O. The van der Waals surface area contributed by atoms with Gasteiger partial charge in [-0.1, -0.05) is 110 Å². The lowest BCUT2D eigenvalue weighted by molar-refractivity contribution is -0.143. The van der Waals surface area contributed by atoms with Crippen LogP contribution in [0.2, 0.25) is 0 Å². The minimum absolute atomic E-state index is 0.0722. The maximum atomic E-state index is 11.2. The Kier molecular flexibility index (Phi) is 19.9. The zero-order valence-electron chi connectivity index (χ0n) is 18.4. The van der Waals surface area contributed by atoms with Gasteiger partial charge in [-0.2, -0.15) is 0 Å². The summed E-state index contributed by atoms with van der Waals surface area (Å²) in [6.45, 7) is 2.27. The minimum atomic E-state index is -0.841. The van der Waals surface area contributed by atoms with Gasteiger partial charge in [0.2, 0.25) is 0 Å². The fourth-order valence-corrected chi connectivity index (χ4v) is 3.83. The summed E-state index contributed by atoms with van der Waals surface area (Å²) in [5, 5.41) is 17.9. The lowest BCUT2D eigenvalue weighted by atomic mass is 9.95. The van der Waals surface area contributed by atoms with Crippen molar-refractivity contribution >= 4 is 11.9 Å². The molecule has 0 aliphatic rings. The summed E-state index contributed by atoms with van der Waals surface area (Å²) in [6, 6.07) is 0. The Bertz CT molecular complexity index is 368. The third-order valence-electron chi connectivity index (χ3n) is 5.70. The highest BCUT2D eigenvalue weighted by Gasteiger charge is 2.16. The van der Waals surface area contributed by atoms with Crippen LogP contribution in [0.25, 0.3) is 0 Å². The fourth-order valence-electron chi connectivity index (χ4n) is 3.83. The van der Waals surface area contributed by atoms with E-state index in [2.05, 4.69) is 6.92 Å². The first-order chi connectivity index (χ1) is 13.6. The molecule has 0 aromatic rings. The van der Waals surface area contributed by atoms with Crippen molar-refractivity contribution in [3.05, 3.63) is 0 Å². The molecular weight excluding hydrogens is 352 g/mol. The van der Waals surface area contributed by atoms with Gasteiger partial charge in [0.1, 0.15) is 0 Å². The molecule has 0 amide bonds. The van der Waals surface area contributed by atoms with Crippen LogP contribution in [0.1, 0.15) is 135 Å². The van der Waals surface area contributed by atoms with Crippen LogP contribution in [0.5, 0.6) is 0 Å². The summed E-state index contributed by atoms with van der Waals surface area (Å²) in [6.07, 6.45) is 22.8. The van der Waals surface area contributed by atoms with E-state index < -0.39 is 11.9 Å². The lowest BCUT2D eigenvalue weighted by Crippen LogP contribution is -2.14. The van der Waals surface area contributed by atoms with Crippen LogP contribution in [0.15, 0.2) is 0 Å². The molecule has 0 bridgehead atoms. The number of rotatable bonds is 22. The fraction of sp³-hybridized carbons (Fsp3) is 0.917. The van der Waals surface area contributed by atoms with Crippen LogP contribution in [-0.4, -0.2) is 22.2 Å². The molecule has 4 nitrogen and oxygen atoms in total. The number of carboxylic acids is 2. The Labute approximate surface area is 173 Å². The number of unbranched alkanes of at least 4 members (excludes halogenated alkanes) is 15. The van der Waals surface area contributed by atoms with E-state index in [1.165, 1.54) is 89.9 Å². The molecule has 0 radical (unpaired) electrons. The predicted octanol–water partition coefficient (Wildman–Crippen LogP) is 7.59. The van der Waals surface area contributed by atoms with Crippen molar-refractivity contribution in [1.82, 2.24) is 0 Å². The molecule has 0 saturated heterocycles. The van der Waals surface area contributed by atoms with Gasteiger partial charge in [-0.05, 0) is 19.3 Å². The van der Waals surface area contributed by atoms with Crippen LogP contribution < -0.4 is 0 Å². The van der Waals surface area contributed by atoms with Crippen LogP contribution in [0.3, 0.4) is 0 Å². The molecule has 0 aliphatic heterocycles. The molecule has 0 rings (SSSR count). The third-order valence-corrected chi connectivity index (χ3v) is 5.70. The van der Waals surface area contributed by atoms with Crippen LogP contribution in [0, 0.1) is 5.92 Å². The van der Waals surface area contributed by atoms with Crippen LogP contribution >= 0.6 is 0 Å². The number of carboxylic acid groups (broad SMARTS) is 2. The lowest BCUT2D eigenvalue weighted by Gasteiger charge is -2.11. The van der Waals surface area contributed by atoms with Gasteiger partial charge in [0.05, 0.1) is 5.92 Å². The molecule has 1 unspecified atom stereocenters. The number of carbonyl (C=O) groups is 2. The van der Waals surface area contributed by atoms with Crippen molar-refractivity contribution in [3.63, 3.8) is 0 Å². The molecule has 0 aromatic carbocycles. The zero-order valence-corrected chi connectivity index (χ0v) is 18.4. The Hall–Kier alpha value is -1.06. The second kappa shape index (κ2) is 20.7. The molecule has 0 saturated carbocycles. The summed E-state index contributed by atoms with van der Waals surface area (Å²) in [7, 11) is 0. The van der Waals surface area contributed by atoms with Gasteiger partial charge < -0.3 is 10.2 Å². The Morgan fingerprint density at radius 3 is 1.29 bits per heavy atom. The van der Waals surface area contributed by atoms with Gasteiger partial charge >= 0.3 is 11.9 Å². The first-order valence-corrected chi connectivity index (χ1v) is 12.0. The number of aliphatic carboxylic acids is 2. The third kappa shape index (κ3) is 19.7. The van der Waals surface area contributed by atoms with E-state index in [4.69, 9.17) is 5.11 Å². The normalized spacial score (nSPS) is 12.2. The summed E-state index contributed by atoms with van der Waals surface area (Å²) in [5.41, 5.74) is 0. The monoisotopic (exact) mass is 398 g/mol. The minimum Gasteiger partial charge on any atom is -0.481 e. The van der Waals surface area contributed by atoms with Gasteiger partial charge in [-0.25, -0.2) is 0 Å². The quantitative estimate of drug-likeness (QED) is 0.184. The molecular formula is C24H46O4. The van der Waals surface area contributed by atoms with Gasteiger partial charge in [0.15, 0.2) is 0 Å². The van der Waals surface area contributed by atoms with E-state index in [1.54, 1.807) is 0 Å². The molecule has 0 aliphatic carbocycles. The second-order valence-electron chi connectivity index (χ2n) is 8.41. The predicted molar refractivity (Wildman–Crippen MR) is 117 cm³/mol. The molecule has 2 N–H and O–H groups in total. The highest BCUT2D eigenvalue weighted by atomic mass is 16.4. The highest BCUT2D eigenvalue weighted by molar-refractivity contribution is 5.70. The first kappa shape index (κ1) is 26.9. The average Bonchev–Trinajstić information content (AvgIpc) is 2.65. The van der Waals surface area contributed by atoms with Gasteiger partial charge in [0.25, 0.3) is 0 Å².